The normalized spacial score (nSPS) is 14.7. The highest BCUT2D eigenvalue weighted by Gasteiger charge is 2.13. The topological polar surface area (TPSA) is 46.5 Å². The van der Waals surface area contributed by atoms with Gasteiger partial charge in [-0.05, 0) is 58.4 Å². The van der Waals surface area contributed by atoms with E-state index in [4.69, 9.17) is 4.74 Å². The van der Waals surface area contributed by atoms with Gasteiger partial charge in [-0.25, -0.2) is 4.79 Å². The van der Waals surface area contributed by atoms with Gasteiger partial charge in [-0.2, -0.15) is 0 Å². The average Bonchev–Trinajstić information content (AvgIpc) is 2.25. The van der Waals surface area contributed by atoms with Crippen LogP contribution in [0.4, 0.5) is 0 Å². The quantitative estimate of drug-likeness (QED) is 0.415. The average molecular weight is 268 g/mol. The van der Waals surface area contributed by atoms with Crippen molar-refractivity contribution in [3.8, 4) is 0 Å². The Labute approximate surface area is 117 Å². The summed E-state index contributed by atoms with van der Waals surface area (Å²) in [5, 5.41) is 9.65. The molecule has 3 nitrogen and oxygen atoms in total. The number of allylic oxidation sites excluding steroid dienone is 3. The van der Waals surface area contributed by atoms with Gasteiger partial charge in [0, 0.05) is 6.08 Å². The Bertz CT molecular complexity index is 321. The molecule has 0 bridgehead atoms. The van der Waals surface area contributed by atoms with Crippen molar-refractivity contribution in [3.63, 3.8) is 0 Å². The molecule has 0 radical (unpaired) electrons. The van der Waals surface area contributed by atoms with E-state index in [1.165, 1.54) is 6.08 Å². The molecule has 1 unspecified atom stereocenters. The summed E-state index contributed by atoms with van der Waals surface area (Å²) in [6.45, 7) is 9.92. The van der Waals surface area contributed by atoms with E-state index in [-0.39, 0.29) is 5.97 Å². The summed E-state index contributed by atoms with van der Waals surface area (Å²) in [4.78, 5) is 11.2. The lowest BCUT2D eigenvalue weighted by molar-refractivity contribution is -0.137. The van der Waals surface area contributed by atoms with Gasteiger partial charge in [-0.1, -0.05) is 19.1 Å². The van der Waals surface area contributed by atoms with E-state index in [0.717, 1.165) is 24.8 Å². The number of esters is 1. The van der Waals surface area contributed by atoms with Crippen LogP contribution in [0, 0.1) is 5.92 Å². The highest BCUT2D eigenvalue weighted by Crippen LogP contribution is 2.18. The fraction of sp³-hybridized carbons (Fsp3) is 0.688. The molecule has 0 saturated heterocycles. The van der Waals surface area contributed by atoms with Crippen molar-refractivity contribution in [3.05, 3.63) is 23.8 Å². The van der Waals surface area contributed by atoms with Gasteiger partial charge in [0.15, 0.2) is 0 Å². The minimum absolute atomic E-state index is 0.292. The maximum atomic E-state index is 11.2. The van der Waals surface area contributed by atoms with Crippen LogP contribution in [0.1, 0.15) is 53.9 Å². The second-order valence-electron chi connectivity index (χ2n) is 5.73. The van der Waals surface area contributed by atoms with E-state index in [9.17, 15) is 9.90 Å². The van der Waals surface area contributed by atoms with Crippen molar-refractivity contribution in [1.82, 2.24) is 0 Å². The Balaban J connectivity index is 4.04. The van der Waals surface area contributed by atoms with Gasteiger partial charge in [-0.3, -0.25) is 0 Å². The van der Waals surface area contributed by atoms with Crippen molar-refractivity contribution in [2.75, 3.05) is 6.61 Å². The third-order valence-electron chi connectivity index (χ3n) is 2.80. The maximum Gasteiger partial charge on any atom is 0.330 e. The summed E-state index contributed by atoms with van der Waals surface area (Å²) in [7, 11) is 0. The molecule has 0 aliphatic heterocycles. The summed E-state index contributed by atoms with van der Waals surface area (Å²) in [6, 6.07) is 0. The zero-order valence-corrected chi connectivity index (χ0v) is 12.9. The van der Waals surface area contributed by atoms with Gasteiger partial charge in [0.25, 0.3) is 0 Å². The first-order valence-electron chi connectivity index (χ1n) is 6.98. The van der Waals surface area contributed by atoms with Gasteiger partial charge < -0.3 is 9.84 Å². The van der Waals surface area contributed by atoms with E-state index in [2.05, 4.69) is 13.0 Å². The van der Waals surface area contributed by atoms with Crippen molar-refractivity contribution in [2.24, 2.45) is 5.92 Å². The van der Waals surface area contributed by atoms with E-state index < -0.39 is 5.60 Å². The van der Waals surface area contributed by atoms with E-state index in [0.29, 0.717) is 12.5 Å². The van der Waals surface area contributed by atoms with Crippen LogP contribution in [-0.2, 0) is 9.53 Å². The summed E-state index contributed by atoms with van der Waals surface area (Å²) >= 11 is 0. The van der Waals surface area contributed by atoms with Gasteiger partial charge in [0.05, 0.1) is 12.2 Å². The third-order valence-corrected chi connectivity index (χ3v) is 2.80. The number of aliphatic hydroxyl groups is 1. The summed E-state index contributed by atoms with van der Waals surface area (Å²) < 4.78 is 4.84. The Kier molecular flexibility index (Phi) is 8.41. The molecule has 1 atom stereocenters. The number of hydrogen-bond acceptors (Lipinski definition) is 3. The number of carbonyl (C=O) groups is 1. The first kappa shape index (κ1) is 17.9. The molecule has 0 fully saturated rings. The standard InChI is InChI=1S/C16H28O3/c1-6-19-15(17)12-14(3)9-7-8-13(2)10-11-16(4,5)18/h7,9,12-13,18H,6,8,10-11H2,1-5H3. The van der Waals surface area contributed by atoms with Crippen LogP contribution in [0.25, 0.3) is 0 Å². The zero-order valence-electron chi connectivity index (χ0n) is 12.9. The minimum atomic E-state index is -0.586. The highest BCUT2D eigenvalue weighted by molar-refractivity contribution is 5.83. The predicted octanol–water partition coefficient (Wildman–Crippen LogP) is 3.63. The fourth-order valence-corrected chi connectivity index (χ4v) is 1.62. The molecule has 0 aromatic heterocycles. The Morgan fingerprint density at radius 1 is 1.42 bits per heavy atom. The number of ether oxygens (including phenoxy) is 1. The molecule has 0 aliphatic carbocycles. The largest absolute Gasteiger partial charge is 0.463 e. The van der Waals surface area contributed by atoms with Gasteiger partial charge in [-0.15, -0.1) is 0 Å². The molecule has 0 rings (SSSR count). The Morgan fingerprint density at radius 3 is 2.58 bits per heavy atom. The van der Waals surface area contributed by atoms with Crippen LogP contribution in [0.2, 0.25) is 0 Å². The first-order chi connectivity index (χ1) is 8.74. The lowest BCUT2D eigenvalue weighted by atomic mass is 9.94. The lowest BCUT2D eigenvalue weighted by Crippen LogP contribution is -2.19. The van der Waals surface area contributed by atoms with E-state index in [1.54, 1.807) is 6.92 Å². The molecule has 110 valence electrons. The summed E-state index contributed by atoms with van der Waals surface area (Å²) in [5.74, 6) is 0.234. The minimum Gasteiger partial charge on any atom is -0.463 e. The van der Waals surface area contributed by atoms with Gasteiger partial charge in [0.2, 0.25) is 0 Å². The molecule has 19 heavy (non-hydrogen) atoms. The number of hydrogen-bond donors (Lipinski definition) is 1. The van der Waals surface area contributed by atoms with Crippen LogP contribution >= 0.6 is 0 Å². The van der Waals surface area contributed by atoms with E-state index in [1.807, 2.05) is 26.8 Å². The molecule has 0 saturated carbocycles. The van der Waals surface area contributed by atoms with Crippen molar-refractivity contribution in [2.45, 2.75) is 59.5 Å². The molecule has 3 heteroatoms. The van der Waals surface area contributed by atoms with Gasteiger partial charge in [0.1, 0.15) is 0 Å². The first-order valence-corrected chi connectivity index (χ1v) is 6.98. The zero-order chi connectivity index (χ0) is 14.9. The van der Waals surface area contributed by atoms with Crippen molar-refractivity contribution in [1.29, 1.82) is 0 Å². The third kappa shape index (κ3) is 11.7. The van der Waals surface area contributed by atoms with Crippen molar-refractivity contribution < 1.29 is 14.6 Å². The molecule has 1 N–H and O–H groups in total. The monoisotopic (exact) mass is 268 g/mol. The summed E-state index contributed by atoms with van der Waals surface area (Å²) in [6.07, 6.45) is 8.26. The smallest absolute Gasteiger partial charge is 0.330 e. The maximum absolute atomic E-state index is 11.2. The van der Waals surface area contributed by atoms with Crippen LogP contribution in [0.5, 0.6) is 0 Å². The Morgan fingerprint density at radius 2 is 2.05 bits per heavy atom. The second kappa shape index (κ2) is 8.92. The molecule has 0 amide bonds. The second-order valence-corrected chi connectivity index (χ2v) is 5.73. The highest BCUT2D eigenvalue weighted by atomic mass is 16.5. The Hall–Kier alpha value is -1.09. The van der Waals surface area contributed by atoms with Crippen LogP contribution in [0.15, 0.2) is 23.8 Å². The molecule has 0 heterocycles. The molecule has 0 aromatic rings. The van der Waals surface area contributed by atoms with Crippen molar-refractivity contribution >= 4 is 5.97 Å². The SMILES string of the molecule is CCOC(=O)C=C(C)C=CCC(C)CCC(C)(C)O. The molecule has 0 spiro atoms. The molecule has 0 aliphatic rings. The fourth-order valence-electron chi connectivity index (χ4n) is 1.62. The molecular weight excluding hydrogens is 240 g/mol. The van der Waals surface area contributed by atoms with E-state index >= 15 is 0 Å². The van der Waals surface area contributed by atoms with Gasteiger partial charge >= 0.3 is 5.97 Å². The summed E-state index contributed by atoms with van der Waals surface area (Å²) in [5.41, 5.74) is 0.311. The molecular formula is C16H28O3. The number of rotatable bonds is 8. The molecule has 0 aromatic carbocycles. The predicted molar refractivity (Wildman–Crippen MR) is 78.8 cm³/mol. The van der Waals surface area contributed by atoms with Crippen LogP contribution < -0.4 is 0 Å². The van der Waals surface area contributed by atoms with Crippen LogP contribution in [0.3, 0.4) is 0 Å². The lowest BCUT2D eigenvalue weighted by Gasteiger charge is -2.19. The number of carbonyl (C=O) groups excluding carboxylic acids is 1. The van der Waals surface area contributed by atoms with Crippen LogP contribution in [-0.4, -0.2) is 23.3 Å².